The number of hydrogen-bond donors (Lipinski definition) is 1. The van der Waals surface area contributed by atoms with Crippen molar-refractivity contribution in [2.45, 2.75) is 57.6 Å². The first-order valence-corrected chi connectivity index (χ1v) is 7.66. The molecule has 0 aromatic carbocycles. The van der Waals surface area contributed by atoms with E-state index in [1.165, 1.54) is 38.5 Å². The topological polar surface area (TPSA) is 36.4 Å². The summed E-state index contributed by atoms with van der Waals surface area (Å²) in [6, 6.07) is 4.80. The third-order valence-electron chi connectivity index (χ3n) is 4.79. The molecule has 3 heteroatoms. The van der Waals surface area contributed by atoms with E-state index in [2.05, 4.69) is 16.0 Å². The van der Waals surface area contributed by atoms with E-state index in [-0.39, 0.29) is 0 Å². The number of piperidine rings is 1. The summed E-state index contributed by atoms with van der Waals surface area (Å²) < 4.78 is 0. The van der Waals surface area contributed by atoms with Crippen molar-refractivity contribution in [1.82, 2.24) is 4.98 Å². The lowest BCUT2D eigenvalue weighted by atomic mass is 9.78. The Hall–Kier alpha value is -1.09. The molecule has 3 atom stereocenters. The molecule has 2 heterocycles. The van der Waals surface area contributed by atoms with Crippen molar-refractivity contribution in [3.8, 4) is 0 Å². The average molecular weight is 260 g/mol. The first kappa shape index (κ1) is 12.9. The van der Waals surface area contributed by atoms with Crippen LogP contribution < -0.4 is 4.90 Å². The second-order valence-corrected chi connectivity index (χ2v) is 6.07. The summed E-state index contributed by atoms with van der Waals surface area (Å²) in [4.78, 5) is 7.09. The van der Waals surface area contributed by atoms with Crippen molar-refractivity contribution in [2.24, 2.45) is 5.92 Å². The van der Waals surface area contributed by atoms with Gasteiger partial charge in [0.15, 0.2) is 0 Å². The molecule has 1 aliphatic carbocycles. The molecule has 1 aromatic rings. The van der Waals surface area contributed by atoms with E-state index in [0.717, 1.165) is 23.8 Å². The quantitative estimate of drug-likeness (QED) is 0.886. The highest BCUT2D eigenvalue weighted by Gasteiger charge is 2.33. The molecule has 1 aromatic heterocycles. The summed E-state index contributed by atoms with van der Waals surface area (Å²) in [6.07, 6.45) is 9.58. The fraction of sp³-hybridized carbons (Fsp3) is 0.688. The monoisotopic (exact) mass is 260 g/mol. The maximum Gasteiger partial charge on any atom is 0.128 e. The lowest BCUT2D eigenvalue weighted by molar-refractivity contribution is 0.199. The van der Waals surface area contributed by atoms with E-state index in [1.54, 1.807) is 6.92 Å². The highest BCUT2D eigenvalue weighted by molar-refractivity contribution is 5.42. The van der Waals surface area contributed by atoms with Gasteiger partial charge in [0, 0.05) is 18.8 Å². The first-order valence-electron chi connectivity index (χ1n) is 7.66. The van der Waals surface area contributed by atoms with Crippen LogP contribution in [0.2, 0.25) is 0 Å². The molecular weight excluding hydrogens is 236 g/mol. The molecule has 0 amide bonds. The molecule has 2 aliphatic rings. The molecule has 0 radical (unpaired) electrons. The Kier molecular flexibility index (Phi) is 3.74. The molecule has 2 fully saturated rings. The van der Waals surface area contributed by atoms with E-state index in [4.69, 9.17) is 0 Å². The van der Waals surface area contributed by atoms with Crippen LogP contribution in [-0.2, 0) is 0 Å². The zero-order valence-corrected chi connectivity index (χ0v) is 11.8. The minimum atomic E-state index is -0.426. The normalized spacial score (nSPS) is 28.8. The smallest absolute Gasteiger partial charge is 0.128 e. The van der Waals surface area contributed by atoms with Gasteiger partial charge in [-0.2, -0.15) is 0 Å². The van der Waals surface area contributed by atoms with Gasteiger partial charge in [-0.25, -0.2) is 4.98 Å². The Morgan fingerprint density at radius 3 is 2.74 bits per heavy atom. The third kappa shape index (κ3) is 2.62. The van der Waals surface area contributed by atoms with Gasteiger partial charge in [-0.3, -0.25) is 0 Å². The van der Waals surface area contributed by atoms with Crippen molar-refractivity contribution >= 4 is 5.82 Å². The number of aromatic nitrogens is 1. The number of aliphatic hydroxyl groups is 1. The van der Waals surface area contributed by atoms with Gasteiger partial charge in [0.1, 0.15) is 5.82 Å². The molecule has 104 valence electrons. The number of rotatable bonds is 2. The molecule has 3 nitrogen and oxygen atoms in total. The third-order valence-corrected chi connectivity index (χ3v) is 4.79. The first-order chi connectivity index (χ1) is 9.25. The Balaban J connectivity index is 1.79. The lowest BCUT2D eigenvalue weighted by Crippen LogP contribution is -2.47. The van der Waals surface area contributed by atoms with Gasteiger partial charge in [-0.1, -0.05) is 18.9 Å². The number of fused-ring (bicyclic) bond motifs is 1. The highest BCUT2D eigenvalue weighted by Crippen LogP contribution is 2.37. The zero-order valence-electron chi connectivity index (χ0n) is 11.8. The fourth-order valence-corrected chi connectivity index (χ4v) is 3.72. The summed E-state index contributed by atoms with van der Waals surface area (Å²) in [5.74, 6) is 1.97. The summed E-state index contributed by atoms with van der Waals surface area (Å²) in [5, 5.41) is 9.56. The van der Waals surface area contributed by atoms with Gasteiger partial charge in [-0.05, 0) is 50.2 Å². The summed E-state index contributed by atoms with van der Waals surface area (Å²) >= 11 is 0. The second-order valence-electron chi connectivity index (χ2n) is 6.07. The van der Waals surface area contributed by atoms with Crippen LogP contribution in [0.5, 0.6) is 0 Å². The predicted octanol–water partition coefficient (Wildman–Crippen LogP) is 3.29. The average Bonchev–Trinajstić information content (AvgIpc) is 2.47. The maximum atomic E-state index is 9.56. The van der Waals surface area contributed by atoms with Crippen molar-refractivity contribution in [2.75, 3.05) is 11.4 Å². The zero-order chi connectivity index (χ0) is 13.2. The van der Waals surface area contributed by atoms with Gasteiger partial charge in [0.05, 0.1) is 6.10 Å². The number of hydrogen-bond acceptors (Lipinski definition) is 3. The van der Waals surface area contributed by atoms with E-state index < -0.39 is 6.10 Å². The summed E-state index contributed by atoms with van der Waals surface area (Å²) in [6.45, 7) is 2.93. The molecular formula is C16H24N2O. The standard InChI is InChI=1S/C16H24N2O/c1-12(19)14-8-9-16(17-11-14)18-10-4-6-13-5-2-3-7-15(13)18/h8-9,11-13,15,19H,2-7,10H2,1H3/t12?,13-,15-/m1/s1. The molecule has 3 rings (SSSR count). The molecule has 1 aliphatic heterocycles. The van der Waals surface area contributed by atoms with Gasteiger partial charge >= 0.3 is 0 Å². The Labute approximate surface area is 115 Å². The van der Waals surface area contributed by atoms with Crippen molar-refractivity contribution in [3.05, 3.63) is 23.9 Å². The van der Waals surface area contributed by atoms with Crippen LogP contribution in [0.25, 0.3) is 0 Å². The van der Waals surface area contributed by atoms with E-state index in [9.17, 15) is 5.11 Å². The van der Waals surface area contributed by atoms with Gasteiger partial charge in [0.25, 0.3) is 0 Å². The van der Waals surface area contributed by atoms with E-state index >= 15 is 0 Å². The van der Waals surface area contributed by atoms with Crippen molar-refractivity contribution in [1.29, 1.82) is 0 Å². The molecule has 0 spiro atoms. The fourth-order valence-electron chi connectivity index (χ4n) is 3.72. The summed E-state index contributed by atoms with van der Waals surface area (Å²) in [7, 11) is 0. The predicted molar refractivity (Wildman–Crippen MR) is 77.2 cm³/mol. The second kappa shape index (κ2) is 5.49. The number of nitrogens with zero attached hydrogens (tertiary/aromatic N) is 2. The van der Waals surface area contributed by atoms with Crippen LogP contribution in [0.3, 0.4) is 0 Å². The van der Waals surface area contributed by atoms with Crippen molar-refractivity contribution < 1.29 is 5.11 Å². The Morgan fingerprint density at radius 2 is 2.00 bits per heavy atom. The minimum Gasteiger partial charge on any atom is -0.389 e. The van der Waals surface area contributed by atoms with Crippen LogP contribution in [0.15, 0.2) is 18.3 Å². The molecule has 19 heavy (non-hydrogen) atoms. The molecule has 1 N–H and O–H groups in total. The minimum absolute atomic E-state index is 0.426. The Morgan fingerprint density at radius 1 is 1.21 bits per heavy atom. The number of anilines is 1. The summed E-state index contributed by atoms with van der Waals surface area (Å²) in [5.41, 5.74) is 0.904. The van der Waals surface area contributed by atoms with Gasteiger partial charge in [-0.15, -0.1) is 0 Å². The van der Waals surface area contributed by atoms with Crippen LogP contribution in [-0.4, -0.2) is 22.7 Å². The van der Waals surface area contributed by atoms with E-state index in [0.29, 0.717) is 6.04 Å². The largest absolute Gasteiger partial charge is 0.389 e. The van der Waals surface area contributed by atoms with Gasteiger partial charge < -0.3 is 10.0 Å². The van der Waals surface area contributed by atoms with Crippen LogP contribution >= 0.6 is 0 Å². The molecule has 1 saturated heterocycles. The Bertz CT molecular complexity index is 413. The molecule has 1 saturated carbocycles. The number of pyridine rings is 1. The van der Waals surface area contributed by atoms with Gasteiger partial charge in [0.2, 0.25) is 0 Å². The van der Waals surface area contributed by atoms with E-state index in [1.807, 2.05) is 12.3 Å². The highest BCUT2D eigenvalue weighted by atomic mass is 16.3. The molecule has 0 bridgehead atoms. The SMILES string of the molecule is CC(O)c1ccc(N2CCC[C@H]3CCCC[C@H]32)nc1. The maximum absolute atomic E-state index is 9.56. The molecule has 1 unspecified atom stereocenters. The van der Waals surface area contributed by atoms with Crippen LogP contribution in [0.4, 0.5) is 5.82 Å². The lowest BCUT2D eigenvalue weighted by Gasteiger charge is -2.44. The van der Waals surface area contributed by atoms with Crippen molar-refractivity contribution in [3.63, 3.8) is 0 Å². The number of aliphatic hydroxyl groups excluding tert-OH is 1. The van der Waals surface area contributed by atoms with Crippen LogP contribution in [0, 0.1) is 5.92 Å². The van der Waals surface area contributed by atoms with Crippen LogP contribution in [0.1, 0.15) is 57.1 Å².